The van der Waals surface area contributed by atoms with Crippen molar-refractivity contribution in [1.82, 2.24) is 4.90 Å². The summed E-state index contributed by atoms with van der Waals surface area (Å²) in [7, 11) is 0. The average molecular weight is 492 g/mol. The molecule has 0 radical (unpaired) electrons. The Balaban J connectivity index is 1.60. The Hall–Kier alpha value is -3.87. The van der Waals surface area contributed by atoms with Crippen molar-refractivity contribution in [3.63, 3.8) is 0 Å². The van der Waals surface area contributed by atoms with Crippen LogP contribution in [0.3, 0.4) is 0 Å². The molecule has 184 valence electrons. The second-order valence-corrected chi connectivity index (χ2v) is 9.23. The number of halogens is 3. The van der Waals surface area contributed by atoms with Gasteiger partial charge in [-0.25, -0.2) is 0 Å². The van der Waals surface area contributed by atoms with Crippen LogP contribution in [-0.4, -0.2) is 21.7 Å². The molecule has 4 nitrogen and oxygen atoms in total. The number of rotatable bonds is 4. The number of nitrogens with zero attached hydrogens (tertiary/aromatic N) is 1. The van der Waals surface area contributed by atoms with Crippen LogP contribution < -0.4 is 0 Å². The minimum Gasteiger partial charge on any atom is -0.507 e. The van der Waals surface area contributed by atoms with Crippen LogP contribution in [0.2, 0.25) is 0 Å². The van der Waals surface area contributed by atoms with Crippen LogP contribution in [0.25, 0.3) is 5.76 Å². The maximum atomic E-state index is 13.3. The minimum atomic E-state index is -4.53. The predicted octanol–water partition coefficient (Wildman–Crippen LogP) is 6.21. The normalized spacial score (nSPS) is 19.4. The molecular formula is C29H24F3NO3. The molecule has 1 unspecified atom stereocenters. The van der Waals surface area contributed by atoms with Gasteiger partial charge in [-0.3, -0.25) is 9.59 Å². The van der Waals surface area contributed by atoms with E-state index in [1.165, 1.54) is 22.6 Å². The van der Waals surface area contributed by atoms with Gasteiger partial charge in [0.05, 0.1) is 17.2 Å². The quantitative estimate of drug-likeness (QED) is 0.268. The number of amides is 1. The Kier molecular flexibility index (Phi) is 6.16. The van der Waals surface area contributed by atoms with Gasteiger partial charge in [-0.1, -0.05) is 54.6 Å². The van der Waals surface area contributed by atoms with Crippen LogP contribution in [0.4, 0.5) is 13.2 Å². The number of likely N-dealkylation sites (tertiary alicyclic amines) is 1. The zero-order valence-corrected chi connectivity index (χ0v) is 19.4. The van der Waals surface area contributed by atoms with Gasteiger partial charge in [0.1, 0.15) is 5.76 Å². The summed E-state index contributed by atoms with van der Waals surface area (Å²) in [5.41, 5.74) is 2.70. The first-order valence-corrected chi connectivity index (χ1v) is 11.9. The van der Waals surface area contributed by atoms with Crippen molar-refractivity contribution in [1.29, 1.82) is 0 Å². The lowest BCUT2D eigenvalue weighted by atomic mass is 9.88. The van der Waals surface area contributed by atoms with Gasteiger partial charge in [0.25, 0.3) is 11.7 Å². The van der Waals surface area contributed by atoms with E-state index < -0.39 is 29.5 Å². The van der Waals surface area contributed by atoms with Crippen molar-refractivity contribution in [3.05, 3.63) is 112 Å². The summed E-state index contributed by atoms with van der Waals surface area (Å²) >= 11 is 0. The van der Waals surface area contributed by atoms with E-state index in [9.17, 15) is 27.9 Å². The molecule has 7 heteroatoms. The second-order valence-electron chi connectivity index (χ2n) is 9.23. The third-order valence-electron chi connectivity index (χ3n) is 6.88. The van der Waals surface area contributed by atoms with Gasteiger partial charge >= 0.3 is 6.18 Å². The number of hydrogen-bond donors (Lipinski definition) is 1. The van der Waals surface area contributed by atoms with Crippen molar-refractivity contribution in [2.24, 2.45) is 0 Å². The average Bonchev–Trinajstić information content (AvgIpc) is 3.13. The van der Waals surface area contributed by atoms with Crippen molar-refractivity contribution in [2.45, 2.75) is 44.4 Å². The topological polar surface area (TPSA) is 57.6 Å². The molecule has 0 aromatic heterocycles. The highest BCUT2D eigenvalue weighted by atomic mass is 19.4. The van der Waals surface area contributed by atoms with Gasteiger partial charge in [0.2, 0.25) is 0 Å². The first-order chi connectivity index (χ1) is 17.2. The number of aliphatic hydroxyl groups excluding tert-OH is 1. The number of Topliss-reactive ketones (excluding diaryl/α,β-unsaturated/α-hetero) is 1. The molecule has 36 heavy (non-hydrogen) atoms. The highest BCUT2D eigenvalue weighted by Gasteiger charge is 2.46. The Morgan fingerprint density at radius 3 is 2.33 bits per heavy atom. The maximum Gasteiger partial charge on any atom is 0.416 e. The van der Waals surface area contributed by atoms with Gasteiger partial charge < -0.3 is 10.0 Å². The van der Waals surface area contributed by atoms with E-state index in [4.69, 9.17) is 0 Å². The van der Waals surface area contributed by atoms with Crippen molar-refractivity contribution in [2.75, 3.05) is 0 Å². The highest BCUT2D eigenvalue weighted by molar-refractivity contribution is 6.46. The van der Waals surface area contributed by atoms with Crippen molar-refractivity contribution < 1.29 is 27.9 Å². The smallest absolute Gasteiger partial charge is 0.416 e. The van der Waals surface area contributed by atoms with Crippen molar-refractivity contribution in [3.8, 4) is 0 Å². The standard InChI is InChI=1S/C29H24F3NO3/c30-29(31,32)23-12-6-7-18(15-23)17-33-25(20-9-2-1-3-10-20)24(27(35)28(33)36)26(34)22-14-13-19-8-4-5-11-21(19)16-22/h1-3,6-7,9-10,12-16,25,34H,4-5,8,11,17H2/b26-24-. The van der Waals surface area contributed by atoms with Crippen LogP contribution in [0, 0.1) is 0 Å². The fourth-order valence-electron chi connectivity index (χ4n) is 5.10. The lowest BCUT2D eigenvalue weighted by Gasteiger charge is -2.26. The molecule has 1 heterocycles. The fraction of sp³-hybridized carbons (Fsp3) is 0.241. The van der Waals surface area contributed by atoms with Gasteiger partial charge in [0, 0.05) is 12.1 Å². The molecular weight excluding hydrogens is 467 g/mol. The van der Waals surface area contributed by atoms with E-state index in [0.29, 0.717) is 11.1 Å². The lowest BCUT2D eigenvalue weighted by Crippen LogP contribution is -2.29. The number of hydrogen-bond acceptors (Lipinski definition) is 3. The highest BCUT2D eigenvalue weighted by Crippen LogP contribution is 2.41. The monoisotopic (exact) mass is 491 g/mol. The molecule has 2 aliphatic rings. The number of alkyl halides is 3. The fourth-order valence-corrected chi connectivity index (χ4v) is 5.10. The number of carbonyl (C=O) groups is 2. The van der Waals surface area contributed by atoms with E-state index in [2.05, 4.69) is 0 Å². The lowest BCUT2D eigenvalue weighted by molar-refractivity contribution is -0.140. The van der Waals surface area contributed by atoms with E-state index in [0.717, 1.165) is 43.4 Å². The number of fused-ring (bicyclic) bond motifs is 1. The summed E-state index contributed by atoms with van der Waals surface area (Å²) in [6.07, 6.45) is -0.546. The zero-order valence-electron chi connectivity index (χ0n) is 19.4. The number of ketones is 1. The van der Waals surface area contributed by atoms with Crippen LogP contribution in [0.15, 0.2) is 78.4 Å². The molecule has 3 aromatic carbocycles. The summed E-state index contributed by atoms with van der Waals surface area (Å²) in [6.45, 7) is -0.213. The van der Waals surface area contributed by atoms with E-state index in [1.54, 1.807) is 36.4 Å². The van der Waals surface area contributed by atoms with Crippen molar-refractivity contribution >= 4 is 17.4 Å². The molecule has 0 saturated carbocycles. The summed E-state index contributed by atoms with van der Waals surface area (Å²) in [5, 5.41) is 11.3. The molecule has 0 bridgehead atoms. The van der Waals surface area contributed by atoms with E-state index in [-0.39, 0.29) is 23.4 Å². The molecule has 1 aliphatic heterocycles. The second kappa shape index (κ2) is 9.30. The Labute approximate surface area is 206 Å². The molecule has 1 fully saturated rings. The van der Waals surface area contributed by atoms with E-state index >= 15 is 0 Å². The number of carbonyl (C=O) groups excluding carboxylic acids is 2. The number of benzene rings is 3. The summed E-state index contributed by atoms with van der Waals surface area (Å²) in [4.78, 5) is 27.6. The number of aliphatic hydroxyl groups is 1. The molecule has 0 spiro atoms. The Morgan fingerprint density at radius 2 is 1.61 bits per heavy atom. The first kappa shape index (κ1) is 23.9. The largest absolute Gasteiger partial charge is 0.507 e. The number of aryl methyl sites for hydroxylation is 2. The minimum absolute atomic E-state index is 0.0612. The predicted molar refractivity (Wildman–Crippen MR) is 129 cm³/mol. The van der Waals surface area contributed by atoms with Crippen LogP contribution >= 0.6 is 0 Å². The summed E-state index contributed by atoms with van der Waals surface area (Å²) < 4.78 is 39.8. The molecule has 1 amide bonds. The molecule has 5 rings (SSSR count). The Bertz CT molecular complexity index is 1360. The SMILES string of the molecule is O=C1C(=O)N(Cc2cccc(C(F)(F)F)c2)C(c2ccccc2)/C1=C(/O)c1ccc2c(c1)CCCC2. The van der Waals surface area contributed by atoms with Gasteiger partial charge in [-0.15, -0.1) is 0 Å². The maximum absolute atomic E-state index is 13.3. The van der Waals surface area contributed by atoms with Gasteiger partial charge in [-0.2, -0.15) is 13.2 Å². The van der Waals surface area contributed by atoms with Gasteiger partial charge in [-0.05, 0) is 66.1 Å². The third kappa shape index (κ3) is 4.41. The third-order valence-corrected chi connectivity index (χ3v) is 6.88. The molecule has 1 atom stereocenters. The van der Waals surface area contributed by atoms with Crippen LogP contribution in [-0.2, 0) is 35.2 Å². The van der Waals surface area contributed by atoms with Gasteiger partial charge in [0.15, 0.2) is 0 Å². The Morgan fingerprint density at radius 1 is 0.889 bits per heavy atom. The van der Waals surface area contributed by atoms with Crippen LogP contribution in [0.1, 0.15) is 52.3 Å². The molecule has 3 aromatic rings. The van der Waals surface area contributed by atoms with E-state index in [1.807, 2.05) is 12.1 Å². The summed E-state index contributed by atoms with van der Waals surface area (Å²) in [5.74, 6) is -1.99. The molecule has 1 aliphatic carbocycles. The molecule has 1 N–H and O–H groups in total. The summed E-state index contributed by atoms with van der Waals surface area (Å²) in [6, 6.07) is 18.1. The zero-order chi connectivity index (χ0) is 25.4. The first-order valence-electron chi connectivity index (χ1n) is 11.9. The van der Waals surface area contributed by atoms with Crippen LogP contribution in [0.5, 0.6) is 0 Å². The molecule has 1 saturated heterocycles.